The number of nitrogens with one attached hydrogen (secondary N) is 2. The van der Waals surface area contributed by atoms with Crippen LogP contribution in [-0.2, 0) is 4.74 Å². The Labute approximate surface area is 276 Å². The predicted molar refractivity (Wildman–Crippen MR) is 186 cm³/mol. The van der Waals surface area contributed by atoms with Gasteiger partial charge in [0.1, 0.15) is 41.2 Å². The lowest BCUT2D eigenvalue weighted by Gasteiger charge is -2.33. The summed E-state index contributed by atoms with van der Waals surface area (Å²) in [6.07, 6.45) is 15.2. The quantitative estimate of drug-likeness (QED) is 0.131. The number of rotatable bonds is 18. The van der Waals surface area contributed by atoms with Crippen LogP contribution in [0.15, 0.2) is 65.2 Å². The van der Waals surface area contributed by atoms with Crippen molar-refractivity contribution in [2.24, 2.45) is 16.8 Å². The van der Waals surface area contributed by atoms with Crippen LogP contribution >= 0.6 is 0 Å². The molecule has 0 spiro atoms. The Kier molecular flexibility index (Phi) is 13.8. The number of aliphatic imine (C=N–C) groups is 1. The third-order valence-electron chi connectivity index (χ3n) is 9.17. The first-order chi connectivity index (χ1) is 22.4. The van der Waals surface area contributed by atoms with Gasteiger partial charge in [0.2, 0.25) is 0 Å². The molecule has 8 heteroatoms. The average Bonchev–Trinajstić information content (AvgIpc) is 3.08. The standard InChI is InChI=1S/C38H55N3O5/c1-6-10-12-26(8-3)24-45-30-18-20-32(34(42)22-30)37-39-36(28-14-16-29(44-5)17-15-28)40-38(41-37)33-21-19-31(23-35(33)43)46-25-27(9-4)13-11-7-2/h14-16,18-23,26-27,29,36-37,39,42-43H,6-13,17,24-25H2,1-5H3,(H,40,41). The van der Waals surface area contributed by atoms with Gasteiger partial charge in [0.25, 0.3) is 0 Å². The molecule has 0 saturated carbocycles. The van der Waals surface area contributed by atoms with E-state index in [0.29, 0.717) is 53.5 Å². The topological polar surface area (TPSA) is 105 Å². The van der Waals surface area contributed by atoms with E-state index in [0.717, 1.165) is 37.7 Å². The van der Waals surface area contributed by atoms with E-state index in [1.165, 1.54) is 25.7 Å². The Bertz CT molecular complexity index is 1340. The minimum atomic E-state index is -0.479. The summed E-state index contributed by atoms with van der Waals surface area (Å²) in [6.45, 7) is 10.1. The van der Waals surface area contributed by atoms with E-state index < -0.39 is 12.3 Å². The molecule has 0 aromatic heterocycles. The van der Waals surface area contributed by atoms with Crippen molar-refractivity contribution in [3.63, 3.8) is 0 Å². The monoisotopic (exact) mass is 633 g/mol. The van der Waals surface area contributed by atoms with Gasteiger partial charge in [-0.2, -0.15) is 0 Å². The molecule has 0 bridgehead atoms. The molecule has 46 heavy (non-hydrogen) atoms. The number of aromatic hydroxyl groups is 2. The molecular formula is C38H55N3O5. The fraction of sp³-hybridized carbons (Fsp3) is 0.553. The molecule has 4 rings (SSSR count). The summed E-state index contributed by atoms with van der Waals surface area (Å²) >= 11 is 0. The predicted octanol–water partition coefficient (Wildman–Crippen LogP) is 8.15. The van der Waals surface area contributed by atoms with Crippen LogP contribution in [0.2, 0.25) is 0 Å². The fourth-order valence-electron chi connectivity index (χ4n) is 5.90. The second kappa shape index (κ2) is 18.0. The minimum Gasteiger partial charge on any atom is -0.507 e. The van der Waals surface area contributed by atoms with Crippen LogP contribution < -0.4 is 20.1 Å². The van der Waals surface area contributed by atoms with Gasteiger partial charge < -0.3 is 29.7 Å². The van der Waals surface area contributed by atoms with E-state index in [1.54, 1.807) is 19.2 Å². The second-order valence-electron chi connectivity index (χ2n) is 12.6. The number of methoxy groups -OCH3 is 1. The lowest BCUT2D eigenvalue weighted by molar-refractivity contribution is 0.142. The van der Waals surface area contributed by atoms with Crippen LogP contribution in [0.3, 0.4) is 0 Å². The van der Waals surface area contributed by atoms with Crippen LogP contribution in [0.25, 0.3) is 0 Å². The Hall–Kier alpha value is -3.49. The first kappa shape index (κ1) is 35.4. The van der Waals surface area contributed by atoms with Gasteiger partial charge in [-0.3, -0.25) is 5.32 Å². The van der Waals surface area contributed by atoms with Crippen molar-refractivity contribution in [1.29, 1.82) is 0 Å². The second-order valence-corrected chi connectivity index (χ2v) is 12.6. The van der Waals surface area contributed by atoms with Gasteiger partial charge >= 0.3 is 0 Å². The molecule has 2 aliphatic rings. The van der Waals surface area contributed by atoms with Crippen molar-refractivity contribution in [3.8, 4) is 23.0 Å². The number of hydrogen-bond donors (Lipinski definition) is 4. The van der Waals surface area contributed by atoms with Gasteiger partial charge in [-0.05, 0) is 60.9 Å². The highest BCUT2D eigenvalue weighted by molar-refractivity contribution is 6.02. The van der Waals surface area contributed by atoms with E-state index in [1.807, 2.05) is 36.4 Å². The molecule has 1 heterocycles. The van der Waals surface area contributed by atoms with Gasteiger partial charge in [-0.15, -0.1) is 0 Å². The van der Waals surface area contributed by atoms with Gasteiger partial charge in [0.15, 0.2) is 0 Å². The largest absolute Gasteiger partial charge is 0.507 e. The molecule has 5 atom stereocenters. The molecule has 0 amide bonds. The zero-order chi connectivity index (χ0) is 32.9. The molecule has 2 aromatic carbocycles. The zero-order valence-electron chi connectivity index (χ0n) is 28.4. The third-order valence-corrected chi connectivity index (χ3v) is 9.17. The van der Waals surface area contributed by atoms with E-state index in [-0.39, 0.29) is 17.6 Å². The van der Waals surface area contributed by atoms with Crippen LogP contribution in [0.4, 0.5) is 0 Å². The number of nitrogens with zero attached hydrogens (tertiary/aromatic N) is 1. The van der Waals surface area contributed by atoms with Crippen molar-refractivity contribution in [3.05, 3.63) is 71.3 Å². The summed E-state index contributed by atoms with van der Waals surface area (Å²) in [7, 11) is 1.70. The Morgan fingerprint density at radius 3 is 2.02 bits per heavy atom. The Balaban J connectivity index is 1.55. The molecule has 1 aliphatic carbocycles. The van der Waals surface area contributed by atoms with Crippen LogP contribution in [0.5, 0.6) is 23.0 Å². The van der Waals surface area contributed by atoms with Crippen LogP contribution in [-0.4, -0.2) is 48.6 Å². The summed E-state index contributed by atoms with van der Waals surface area (Å²) in [5.74, 6) is 3.00. The summed E-state index contributed by atoms with van der Waals surface area (Å²) in [6, 6.07) is 10.9. The fourth-order valence-corrected chi connectivity index (χ4v) is 5.90. The molecule has 8 nitrogen and oxygen atoms in total. The highest BCUT2D eigenvalue weighted by Crippen LogP contribution is 2.33. The number of ether oxygens (including phenoxy) is 3. The SMILES string of the molecule is CCCCC(CC)COc1ccc(C2=NC(C3=CCC(OC)C=C3)NC(c3ccc(OCC(CC)CCCC)cc3O)N2)c(O)c1. The van der Waals surface area contributed by atoms with E-state index in [9.17, 15) is 10.2 Å². The van der Waals surface area contributed by atoms with Crippen LogP contribution in [0, 0.1) is 11.8 Å². The van der Waals surface area contributed by atoms with Gasteiger partial charge in [0, 0.05) is 24.8 Å². The lowest BCUT2D eigenvalue weighted by Crippen LogP contribution is -2.49. The molecule has 4 N–H and O–H groups in total. The zero-order valence-corrected chi connectivity index (χ0v) is 28.4. The van der Waals surface area contributed by atoms with Gasteiger partial charge in [0.05, 0.1) is 24.9 Å². The molecule has 1 aliphatic heterocycles. The number of unbranched alkanes of at least 4 members (excludes halogenated alkanes) is 2. The summed E-state index contributed by atoms with van der Waals surface area (Å²) < 4.78 is 17.7. The Morgan fingerprint density at radius 2 is 1.50 bits per heavy atom. The maximum absolute atomic E-state index is 11.2. The van der Waals surface area contributed by atoms with Crippen molar-refractivity contribution < 1.29 is 24.4 Å². The molecule has 0 fully saturated rings. The number of phenolic OH excluding ortho intramolecular Hbond substituents is 2. The first-order valence-corrected chi connectivity index (χ1v) is 17.3. The highest BCUT2D eigenvalue weighted by Gasteiger charge is 2.29. The number of phenols is 2. The molecule has 5 unspecified atom stereocenters. The summed E-state index contributed by atoms with van der Waals surface area (Å²) in [4.78, 5) is 4.97. The highest BCUT2D eigenvalue weighted by atomic mass is 16.5. The Morgan fingerprint density at radius 1 is 0.870 bits per heavy atom. The van der Waals surface area contributed by atoms with E-state index in [4.69, 9.17) is 19.2 Å². The van der Waals surface area contributed by atoms with Crippen LogP contribution in [0.1, 0.15) is 103 Å². The van der Waals surface area contributed by atoms with Crippen molar-refractivity contribution in [1.82, 2.24) is 10.6 Å². The smallest absolute Gasteiger partial charge is 0.135 e. The van der Waals surface area contributed by atoms with E-state index >= 15 is 0 Å². The lowest BCUT2D eigenvalue weighted by atomic mass is 10.00. The number of amidine groups is 1. The van der Waals surface area contributed by atoms with Gasteiger partial charge in [-0.1, -0.05) is 84.4 Å². The van der Waals surface area contributed by atoms with Gasteiger partial charge in [-0.25, -0.2) is 4.99 Å². The average molecular weight is 634 g/mol. The van der Waals surface area contributed by atoms with E-state index in [2.05, 4.69) is 44.4 Å². The summed E-state index contributed by atoms with van der Waals surface area (Å²) in [5.41, 5.74) is 2.22. The maximum Gasteiger partial charge on any atom is 0.135 e. The first-order valence-electron chi connectivity index (χ1n) is 17.3. The van der Waals surface area contributed by atoms with Crippen molar-refractivity contribution in [2.75, 3.05) is 20.3 Å². The third kappa shape index (κ3) is 9.76. The minimum absolute atomic E-state index is 0.0291. The number of hydrogen-bond acceptors (Lipinski definition) is 8. The normalized spacial score (nSPS) is 20.8. The summed E-state index contributed by atoms with van der Waals surface area (Å²) in [5, 5.41) is 29.3. The molecule has 0 radical (unpaired) electrons. The maximum atomic E-state index is 11.2. The molecule has 0 saturated heterocycles. The molecule has 252 valence electrons. The number of benzene rings is 2. The molecule has 2 aromatic rings. The van der Waals surface area contributed by atoms with Crippen molar-refractivity contribution >= 4 is 5.84 Å². The van der Waals surface area contributed by atoms with Crippen molar-refractivity contribution in [2.45, 2.75) is 104 Å². The molecular weight excluding hydrogens is 578 g/mol.